The Kier molecular flexibility index (Phi) is 29.7. The van der Waals surface area contributed by atoms with Gasteiger partial charge in [0.25, 0.3) is 0 Å². The van der Waals surface area contributed by atoms with Crippen LogP contribution in [-0.4, -0.2) is 91.8 Å². The normalized spacial score (nSPS) is 12.8. The van der Waals surface area contributed by atoms with Gasteiger partial charge in [-0.05, 0) is 109 Å². The van der Waals surface area contributed by atoms with Gasteiger partial charge >= 0.3 is 17.4 Å². The molecule has 0 atom stereocenters. The Morgan fingerprint density at radius 1 is 0.422 bits per heavy atom. The SMILES string of the molecule is [CH2-]OCCC[Si](C)(C)O[Si](C)(C)CC[Si](OC)(OC)OC.[CH2-]OCCC[Si](C)(C)O[Si](C)(C)O[Si](C)(C)CCCO[CH2-].[CH3-].[Rf].[Rf]. The van der Waals surface area contributed by atoms with E-state index in [2.05, 4.69) is 86.8 Å². The summed E-state index contributed by atoms with van der Waals surface area (Å²) in [4.78, 5) is 0. The third-order valence-electron chi connectivity index (χ3n) is 6.77. The van der Waals surface area contributed by atoms with Gasteiger partial charge in [0, 0.05) is 47.2 Å². The maximum absolute atomic E-state index is 6.56. The first kappa shape index (κ1) is 53.4. The van der Waals surface area contributed by atoms with Crippen molar-refractivity contribution in [2.24, 2.45) is 0 Å². The minimum Gasteiger partial charge on any atom is -0.555 e. The quantitative estimate of drug-likeness (QED) is 0.0538. The first-order chi connectivity index (χ1) is 19.2. The Hall–Kier alpha value is -1.06. The third-order valence-corrected chi connectivity index (χ3v) is 28.9. The summed E-state index contributed by atoms with van der Waals surface area (Å²) in [5.74, 6) is 0. The Balaban J connectivity index is -0.000000222. The molecule has 45 heavy (non-hydrogen) atoms. The molecule has 0 aliphatic carbocycles. The average molecular weight is 1250 g/mol. The second-order valence-corrected chi connectivity index (χ2v) is 38.0. The molecule has 268 valence electrons. The van der Waals surface area contributed by atoms with E-state index in [0.717, 1.165) is 49.5 Å². The van der Waals surface area contributed by atoms with Crippen LogP contribution in [-0.2, 0) is 39.8 Å². The van der Waals surface area contributed by atoms with Crippen LogP contribution < -0.4 is 0 Å². The van der Waals surface area contributed by atoms with E-state index in [0.29, 0.717) is 19.8 Å². The Bertz CT molecular complexity index is 657. The van der Waals surface area contributed by atoms with Gasteiger partial charge in [0.05, 0.1) is 0 Å². The summed E-state index contributed by atoms with van der Waals surface area (Å²) in [6, 6.07) is 5.05. The maximum Gasteiger partial charge on any atom is 0.499 e. The molecular formula is C28H70O9Rf2Si6-4. The minimum atomic E-state index is -2.49. The smallest absolute Gasteiger partial charge is 0.499 e. The van der Waals surface area contributed by atoms with Gasteiger partial charge < -0.3 is 47.3 Å². The molecule has 0 aromatic carbocycles. The molecule has 0 saturated heterocycles. The van der Waals surface area contributed by atoms with Crippen molar-refractivity contribution in [3.63, 3.8) is 0 Å². The molecule has 0 spiro atoms. The molecule has 17 heteroatoms. The first-order valence-corrected chi connectivity index (χ1v) is 32.3. The van der Waals surface area contributed by atoms with Crippen molar-refractivity contribution in [2.75, 3.05) is 41.2 Å². The Morgan fingerprint density at radius 3 is 0.956 bits per heavy atom. The standard InChI is InChI=1S/C14H34O4Si3.C13H33O5Si3.CH3.2Rf/c1-15-11-9-13-19(3,4)17-21(7,8)18-20(5,6)14-10-12-16-2;1-14-10-9-11-19(5,6)18-20(7,8)12-13-21(15-2,16-3)17-4;;;/h1-2,9-14H2,3-8H3;1,9-13H2,2-8H3;1H3;;/q-2;2*-1;;. The average Bonchev–Trinajstić information content (AvgIpc) is 2.84. The summed E-state index contributed by atoms with van der Waals surface area (Å²) in [5.41, 5.74) is 0. The molecule has 0 bridgehead atoms. The van der Waals surface area contributed by atoms with Crippen LogP contribution in [0.25, 0.3) is 0 Å². The second-order valence-electron chi connectivity index (χ2n) is 13.6. The van der Waals surface area contributed by atoms with E-state index in [9.17, 15) is 0 Å². The van der Waals surface area contributed by atoms with Crippen molar-refractivity contribution in [2.45, 2.75) is 115 Å². The van der Waals surface area contributed by atoms with E-state index < -0.39 is 50.6 Å². The van der Waals surface area contributed by atoms with Crippen molar-refractivity contribution in [3.8, 4) is 0 Å². The molecule has 0 aromatic heterocycles. The fourth-order valence-electron chi connectivity index (χ4n) is 5.11. The zero-order chi connectivity index (χ0) is 33.1. The van der Waals surface area contributed by atoms with Gasteiger partial charge in [-0.3, -0.25) is 0 Å². The summed E-state index contributed by atoms with van der Waals surface area (Å²) in [5, 5.41) is 0. The molecule has 0 N–H and O–H groups in total. The zero-order valence-corrected chi connectivity index (χ0v) is 50.8. The van der Waals surface area contributed by atoms with Crippen LogP contribution in [0.4, 0.5) is 0 Å². The molecule has 0 heterocycles. The maximum atomic E-state index is 6.56. The van der Waals surface area contributed by atoms with Gasteiger partial charge in [-0.2, -0.15) is 0 Å². The van der Waals surface area contributed by atoms with Crippen LogP contribution in [0.1, 0.15) is 19.3 Å². The molecule has 0 radical (unpaired) electrons. The molecule has 9 nitrogen and oxygen atoms in total. The zero-order valence-electron chi connectivity index (χ0n) is 32.0. The van der Waals surface area contributed by atoms with Crippen molar-refractivity contribution in [1.29, 1.82) is 0 Å². The van der Waals surface area contributed by atoms with Crippen LogP contribution in [0, 0.1) is 28.8 Å². The van der Waals surface area contributed by atoms with Gasteiger partial charge in [-0.1, -0.05) is 0 Å². The van der Waals surface area contributed by atoms with Crippen LogP contribution in [0.3, 0.4) is 0 Å². The molecule has 0 aliphatic rings. The van der Waals surface area contributed by atoms with E-state index in [4.69, 9.17) is 39.8 Å². The van der Waals surface area contributed by atoms with E-state index in [1.807, 2.05) is 0 Å². The minimum absolute atomic E-state index is 0. The number of ether oxygens (including phenoxy) is 3. The fraction of sp³-hybridized carbons (Fsp3) is 0.857. The monoisotopic (exact) mass is 1250 g/mol. The predicted octanol–water partition coefficient (Wildman–Crippen LogP) is 8.47. The van der Waals surface area contributed by atoms with Gasteiger partial charge in [-0.25, -0.2) is 21.3 Å². The van der Waals surface area contributed by atoms with E-state index in [-0.39, 0.29) is 7.43 Å². The van der Waals surface area contributed by atoms with Gasteiger partial charge in [0.2, 0.25) is 0 Å². The Labute approximate surface area is 274 Å². The second kappa shape index (κ2) is 25.0. The van der Waals surface area contributed by atoms with Crippen molar-refractivity contribution < 1.29 is 39.8 Å². The summed E-state index contributed by atoms with van der Waals surface area (Å²) in [7, 11) is 3.83. The van der Waals surface area contributed by atoms with Crippen molar-refractivity contribution in [3.05, 3.63) is 28.8 Å². The molecule has 0 amide bonds. The topological polar surface area (TPSA) is 83.1 Å². The third kappa shape index (κ3) is 27.7. The van der Waals surface area contributed by atoms with Crippen LogP contribution >= 0.6 is 0 Å². The van der Waals surface area contributed by atoms with Gasteiger partial charge in [0.1, 0.15) is 0 Å². The molecule has 0 rings (SSSR count). The predicted molar refractivity (Wildman–Crippen MR) is 196 cm³/mol. The number of hydrogen-bond donors (Lipinski definition) is 0. The fourth-order valence-corrected chi connectivity index (χ4v) is 31.7. The van der Waals surface area contributed by atoms with E-state index >= 15 is 0 Å². The van der Waals surface area contributed by atoms with Gasteiger partial charge in [-0.15, -0.1) is 0 Å². The number of rotatable bonds is 24. The van der Waals surface area contributed by atoms with Gasteiger partial charge in [0.15, 0.2) is 33.3 Å². The Morgan fingerprint density at radius 2 is 0.689 bits per heavy atom. The van der Waals surface area contributed by atoms with Crippen molar-refractivity contribution in [1.82, 2.24) is 0 Å². The van der Waals surface area contributed by atoms with Crippen molar-refractivity contribution >= 4 is 50.6 Å². The molecule has 0 unspecified atom stereocenters. The van der Waals surface area contributed by atoms with Crippen LogP contribution in [0.15, 0.2) is 0 Å². The molecule has 0 saturated carbocycles. The summed E-state index contributed by atoms with van der Waals surface area (Å²) in [6.07, 6.45) is 3.03. The largest absolute Gasteiger partial charge is 0.555 e. The number of hydrogen-bond acceptors (Lipinski definition) is 9. The van der Waals surface area contributed by atoms with Crippen LogP contribution in [0.2, 0.25) is 95.7 Å². The van der Waals surface area contributed by atoms with E-state index in [1.165, 1.54) is 0 Å². The van der Waals surface area contributed by atoms with E-state index in [1.54, 1.807) is 21.3 Å². The first-order valence-electron chi connectivity index (χ1n) is 15.1. The summed E-state index contributed by atoms with van der Waals surface area (Å²) < 4.78 is 50.7. The molecule has 0 fully saturated rings. The molecule has 0 aromatic rings. The molecular weight excluding hydrogens is 1180 g/mol. The van der Waals surface area contributed by atoms with Crippen LogP contribution in [0.5, 0.6) is 0 Å². The molecule has 0 aliphatic heterocycles. The summed E-state index contributed by atoms with van der Waals surface area (Å²) in [6.45, 7) is 24.6. The summed E-state index contributed by atoms with van der Waals surface area (Å²) >= 11 is 0.